The van der Waals surface area contributed by atoms with Crippen LogP contribution in [0.15, 0.2) is 22.4 Å². The second kappa shape index (κ2) is 10.2. The molecule has 0 spiro atoms. The minimum atomic E-state index is 0.296. The van der Waals surface area contributed by atoms with Gasteiger partial charge >= 0.3 is 0 Å². The summed E-state index contributed by atoms with van der Waals surface area (Å²) in [5.74, 6) is 8.49. The number of hydrazine groups is 1. The number of rotatable bonds is 10. The molecule has 4 rings (SSSR count). The van der Waals surface area contributed by atoms with Crippen molar-refractivity contribution >= 4 is 11.6 Å². The van der Waals surface area contributed by atoms with Gasteiger partial charge in [0.1, 0.15) is 5.75 Å². The lowest BCUT2D eigenvalue weighted by molar-refractivity contribution is 0.153. The second-order valence-corrected chi connectivity index (χ2v) is 8.82. The van der Waals surface area contributed by atoms with E-state index in [1.165, 1.54) is 24.3 Å². The largest absolute Gasteiger partial charge is 0.489 e. The van der Waals surface area contributed by atoms with Crippen molar-refractivity contribution in [3.05, 3.63) is 35.1 Å². The van der Waals surface area contributed by atoms with Crippen molar-refractivity contribution in [2.45, 2.75) is 76.7 Å². The number of nitrogens with two attached hydrogens (primary N) is 2. The van der Waals surface area contributed by atoms with Crippen molar-refractivity contribution < 1.29 is 9.26 Å². The molecule has 0 aliphatic heterocycles. The van der Waals surface area contributed by atoms with Crippen molar-refractivity contribution in [2.24, 2.45) is 11.6 Å². The molecule has 0 aromatic carbocycles. The molecule has 32 heavy (non-hydrogen) atoms. The van der Waals surface area contributed by atoms with Gasteiger partial charge in [0.15, 0.2) is 0 Å². The number of nitrogens with one attached hydrogen (secondary N) is 1. The topological polar surface area (TPSA) is 128 Å². The first kappa shape index (κ1) is 22.4. The molecule has 0 unspecified atom stereocenters. The summed E-state index contributed by atoms with van der Waals surface area (Å²) in [7, 11) is 1.75. The first-order chi connectivity index (χ1) is 15.5. The van der Waals surface area contributed by atoms with Gasteiger partial charge in [-0.2, -0.15) is 4.98 Å². The molecule has 5 N–H and O–H groups in total. The molecular weight excluding hydrogens is 406 g/mol. The van der Waals surface area contributed by atoms with Crippen LogP contribution in [0.1, 0.15) is 81.5 Å². The van der Waals surface area contributed by atoms with Gasteiger partial charge in [0, 0.05) is 19.4 Å². The van der Waals surface area contributed by atoms with Crippen LogP contribution in [-0.2, 0) is 6.42 Å². The summed E-state index contributed by atoms with van der Waals surface area (Å²) in [6.45, 7) is 2.42. The van der Waals surface area contributed by atoms with Crippen LogP contribution in [0.4, 0.5) is 5.95 Å². The minimum absolute atomic E-state index is 0.296. The van der Waals surface area contributed by atoms with Gasteiger partial charge in [0.05, 0.1) is 35.4 Å². The second-order valence-electron chi connectivity index (χ2n) is 8.82. The summed E-state index contributed by atoms with van der Waals surface area (Å²) >= 11 is 0. The highest BCUT2D eigenvalue weighted by molar-refractivity contribution is 5.64. The maximum absolute atomic E-state index is 6.53. The van der Waals surface area contributed by atoms with Crippen molar-refractivity contribution in [1.82, 2.24) is 20.1 Å². The van der Waals surface area contributed by atoms with E-state index in [4.69, 9.17) is 25.8 Å². The van der Waals surface area contributed by atoms with Crippen molar-refractivity contribution in [3.8, 4) is 5.75 Å². The Bertz CT molecular complexity index is 930. The molecule has 2 aromatic rings. The average Bonchev–Trinajstić information content (AvgIpc) is 3.54. The molecule has 2 saturated carbocycles. The van der Waals surface area contributed by atoms with E-state index in [0.717, 1.165) is 50.0 Å². The highest BCUT2D eigenvalue weighted by Crippen LogP contribution is 2.44. The molecule has 2 aliphatic rings. The Morgan fingerprint density at radius 2 is 1.97 bits per heavy atom. The molecule has 9 heteroatoms. The fourth-order valence-electron chi connectivity index (χ4n) is 4.09. The zero-order valence-corrected chi connectivity index (χ0v) is 19.1. The van der Waals surface area contributed by atoms with Crippen LogP contribution in [0.2, 0.25) is 0 Å². The standard InChI is InChI=1S/C23H35N7O2/c1-3-7-20-28-23(29-32-20)26-14-18(30(2)25)21(24)17-12-13-19(22(27-17)15-10-11-15)31-16-8-5-4-6-9-16/h12-13,15-16H,3-11,14,24-25H2,1-2H3,(H,26,29)/b21-18-. The predicted octanol–water partition coefficient (Wildman–Crippen LogP) is 3.55. The number of anilines is 1. The van der Waals surface area contributed by atoms with Crippen LogP contribution in [0.3, 0.4) is 0 Å². The monoisotopic (exact) mass is 441 g/mol. The van der Waals surface area contributed by atoms with Crippen LogP contribution in [0, 0.1) is 0 Å². The van der Waals surface area contributed by atoms with Gasteiger partial charge in [-0.05, 0) is 62.2 Å². The molecule has 0 atom stereocenters. The van der Waals surface area contributed by atoms with Crippen LogP contribution in [-0.4, -0.2) is 39.8 Å². The lowest BCUT2D eigenvalue weighted by atomic mass is 9.98. The van der Waals surface area contributed by atoms with Crippen molar-refractivity contribution in [2.75, 3.05) is 18.9 Å². The highest BCUT2D eigenvalue weighted by Gasteiger charge is 2.30. The number of hydrogen-bond donors (Lipinski definition) is 3. The van der Waals surface area contributed by atoms with Gasteiger partial charge in [-0.15, -0.1) is 0 Å². The SMILES string of the molecule is CCCc1nc(NC/C(=C(/N)c2ccc(OC3CCCCC3)c(C3CC3)n2)N(C)N)no1. The van der Waals surface area contributed by atoms with E-state index < -0.39 is 0 Å². The van der Waals surface area contributed by atoms with Crippen LogP contribution < -0.4 is 21.6 Å². The Morgan fingerprint density at radius 3 is 2.66 bits per heavy atom. The summed E-state index contributed by atoms with van der Waals surface area (Å²) < 4.78 is 11.6. The van der Waals surface area contributed by atoms with Gasteiger partial charge in [-0.3, -0.25) is 0 Å². The number of hydrogen-bond acceptors (Lipinski definition) is 9. The molecule has 174 valence electrons. The Hall–Kier alpha value is -2.81. The number of likely N-dealkylation sites (N-methyl/N-ethyl adjacent to an activating group) is 1. The zero-order chi connectivity index (χ0) is 22.5. The number of nitrogens with zero attached hydrogens (tertiary/aromatic N) is 4. The normalized spacial score (nSPS) is 17.7. The summed E-state index contributed by atoms with van der Waals surface area (Å²) in [6, 6.07) is 3.95. The van der Waals surface area contributed by atoms with E-state index in [0.29, 0.717) is 47.5 Å². The van der Waals surface area contributed by atoms with E-state index in [9.17, 15) is 0 Å². The van der Waals surface area contributed by atoms with Crippen LogP contribution in [0.5, 0.6) is 5.75 Å². The highest BCUT2D eigenvalue weighted by atomic mass is 16.5. The Balaban J connectivity index is 1.52. The number of aryl methyl sites for hydroxylation is 1. The zero-order valence-electron chi connectivity index (χ0n) is 19.1. The lowest BCUT2D eigenvalue weighted by Crippen LogP contribution is -2.32. The Labute approximate surface area is 189 Å². The molecule has 9 nitrogen and oxygen atoms in total. The predicted molar refractivity (Wildman–Crippen MR) is 124 cm³/mol. The number of aromatic nitrogens is 3. The summed E-state index contributed by atoms with van der Waals surface area (Å²) in [4.78, 5) is 9.25. The van der Waals surface area contributed by atoms with Gasteiger partial charge in [-0.1, -0.05) is 13.3 Å². The quantitative estimate of drug-likeness (QED) is 0.374. The van der Waals surface area contributed by atoms with Gasteiger partial charge < -0.3 is 25.3 Å². The van der Waals surface area contributed by atoms with Crippen LogP contribution >= 0.6 is 0 Å². The summed E-state index contributed by atoms with van der Waals surface area (Å²) in [6.07, 6.45) is 10.3. The maximum Gasteiger partial charge on any atom is 0.263 e. The van der Waals surface area contributed by atoms with E-state index in [2.05, 4.69) is 22.4 Å². The molecule has 2 fully saturated rings. The molecule has 0 radical (unpaired) electrons. The third-order valence-electron chi connectivity index (χ3n) is 6.05. The lowest BCUT2D eigenvalue weighted by Gasteiger charge is -2.24. The van der Waals surface area contributed by atoms with Gasteiger partial charge in [0.2, 0.25) is 5.89 Å². The van der Waals surface area contributed by atoms with Crippen molar-refractivity contribution in [3.63, 3.8) is 0 Å². The first-order valence-electron chi connectivity index (χ1n) is 11.8. The average molecular weight is 442 g/mol. The first-order valence-corrected chi connectivity index (χ1v) is 11.8. The van der Waals surface area contributed by atoms with E-state index in [1.807, 2.05) is 12.1 Å². The molecular formula is C23H35N7O2. The Morgan fingerprint density at radius 1 is 1.19 bits per heavy atom. The summed E-state index contributed by atoms with van der Waals surface area (Å²) in [5.41, 5.74) is 9.47. The van der Waals surface area contributed by atoms with Crippen LogP contribution in [0.25, 0.3) is 5.70 Å². The smallest absolute Gasteiger partial charge is 0.263 e. The fraction of sp³-hybridized carbons (Fsp3) is 0.609. The molecule has 2 aliphatic carbocycles. The summed E-state index contributed by atoms with van der Waals surface area (Å²) in [5, 5.41) is 8.60. The van der Waals surface area contributed by atoms with E-state index in [-0.39, 0.29) is 0 Å². The van der Waals surface area contributed by atoms with Gasteiger partial charge in [0.25, 0.3) is 5.95 Å². The molecule has 0 saturated heterocycles. The third kappa shape index (κ3) is 5.51. The van der Waals surface area contributed by atoms with E-state index in [1.54, 1.807) is 7.05 Å². The minimum Gasteiger partial charge on any atom is -0.489 e. The Kier molecular flexibility index (Phi) is 7.14. The number of pyridine rings is 1. The molecule has 2 heterocycles. The van der Waals surface area contributed by atoms with E-state index >= 15 is 0 Å². The molecule has 0 bridgehead atoms. The molecule has 0 amide bonds. The molecule has 2 aromatic heterocycles. The third-order valence-corrected chi connectivity index (χ3v) is 6.05. The number of ether oxygens (including phenoxy) is 1. The van der Waals surface area contributed by atoms with Crippen molar-refractivity contribution in [1.29, 1.82) is 0 Å². The fourth-order valence-corrected chi connectivity index (χ4v) is 4.09. The maximum atomic E-state index is 6.53. The van der Waals surface area contributed by atoms with Gasteiger partial charge in [-0.25, -0.2) is 10.8 Å².